The molecule has 1 aromatic rings. The van der Waals surface area contributed by atoms with Crippen LogP contribution in [0.15, 0.2) is 28.7 Å². The summed E-state index contributed by atoms with van der Waals surface area (Å²) in [5, 5.41) is 3.71. The second-order valence-corrected chi connectivity index (χ2v) is 6.58. The molecule has 0 bridgehead atoms. The highest BCUT2D eigenvalue weighted by molar-refractivity contribution is 9.10. The van der Waals surface area contributed by atoms with Crippen LogP contribution in [0.25, 0.3) is 0 Å². The number of nitrogens with one attached hydrogen (secondary N) is 1. The van der Waals surface area contributed by atoms with Crippen LogP contribution in [0.4, 0.5) is 0 Å². The molecule has 1 saturated carbocycles. The molecule has 2 nitrogen and oxygen atoms in total. The second kappa shape index (κ2) is 5.32. The van der Waals surface area contributed by atoms with Crippen molar-refractivity contribution < 1.29 is 0 Å². The molecule has 98 valence electrons. The number of hydrogen-bond donors (Lipinski definition) is 1. The number of piperazine rings is 1. The van der Waals surface area contributed by atoms with Crippen molar-refractivity contribution in [1.29, 1.82) is 0 Å². The van der Waals surface area contributed by atoms with Gasteiger partial charge < -0.3 is 5.32 Å². The lowest BCUT2D eigenvalue weighted by Gasteiger charge is -2.39. The third-order valence-corrected chi connectivity index (χ3v) is 5.03. The van der Waals surface area contributed by atoms with Crippen LogP contribution in [0.1, 0.15) is 25.3 Å². The lowest BCUT2D eigenvalue weighted by atomic mass is 10.1. The fourth-order valence-electron chi connectivity index (χ4n) is 2.83. The van der Waals surface area contributed by atoms with Crippen molar-refractivity contribution in [3.8, 4) is 0 Å². The van der Waals surface area contributed by atoms with E-state index in [4.69, 9.17) is 0 Å². The fourth-order valence-corrected chi connectivity index (χ4v) is 3.24. The average molecular weight is 309 g/mol. The van der Waals surface area contributed by atoms with Crippen LogP contribution in [0.2, 0.25) is 0 Å². The molecule has 0 radical (unpaired) electrons. The van der Waals surface area contributed by atoms with Crippen LogP contribution in [0.3, 0.4) is 0 Å². The van der Waals surface area contributed by atoms with Gasteiger partial charge in [0.25, 0.3) is 0 Å². The SMILES string of the molecule is CC1CNC(C2CC2)CN1Cc1ccccc1Br. The predicted molar refractivity (Wildman–Crippen MR) is 78.5 cm³/mol. The number of benzene rings is 1. The monoisotopic (exact) mass is 308 g/mol. The smallest absolute Gasteiger partial charge is 0.0248 e. The molecule has 0 spiro atoms. The van der Waals surface area contributed by atoms with E-state index in [2.05, 4.69) is 57.3 Å². The molecule has 2 unspecified atom stereocenters. The summed E-state index contributed by atoms with van der Waals surface area (Å²) in [7, 11) is 0. The molecule has 18 heavy (non-hydrogen) atoms. The number of nitrogens with zero attached hydrogens (tertiary/aromatic N) is 1. The molecular formula is C15H21BrN2. The van der Waals surface area contributed by atoms with E-state index in [-0.39, 0.29) is 0 Å². The van der Waals surface area contributed by atoms with Crippen LogP contribution in [-0.2, 0) is 6.54 Å². The molecule has 1 heterocycles. The molecule has 1 aromatic carbocycles. The Hall–Kier alpha value is -0.380. The first-order valence-electron chi connectivity index (χ1n) is 6.95. The van der Waals surface area contributed by atoms with Crippen molar-refractivity contribution in [2.24, 2.45) is 5.92 Å². The topological polar surface area (TPSA) is 15.3 Å². The molecule has 1 saturated heterocycles. The summed E-state index contributed by atoms with van der Waals surface area (Å²) < 4.78 is 1.23. The average Bonchev–Trinajstić information content (AvgIpc) is 3.19. The van der Waals surface area contributed by atoms with Gasteiger partial charge in [0, 0.05) is 36.2 Å². The second-order valence-electron chi connectivity index (χ2n) is 5.72. The highest BCUT2D eigenvalue weighted by Crippen LogP contribution is 2.34. The van der Waals surface area contributed by atoms with Gasteiger partial charge in [-0.1, -0.05) is 34.1 Å². The molecule has 2 fully saturated rings. The molecule has 0 aromatic heterocycles. The summed E-state index contributed by atoms with van der Waals surface area (Å²) in [6, 6.07) is 9.94. The maximum Gasteiger partial charge on any atom is 0.0248 e. The quantitative estimate of drug-likeness (QED) is 0.923. The highest BCUT2D eigenvalue weighted by Gasteiger charge is 2.35. The minimum absolute atomic E-state index is 0.632. The minimum atomic E-state index is 0.632. The van der Waals surface area contributed by atoms with Gasteiger partial charge in [-0.25, -0.2) is 0 Å². The Kier molecular flexibility index (Phi) is 3.73. The summed E-state index contributed by atoms with van der Waals surface area (Å²) >= 11 is 3.66. The lowest BCUT2D eigenvalue weighted by molar-refractivity contribution is 0.125. The van der Waals surface area contributed by atoms with Gasteiger partial charge in [0.05, 0.1) is 0 Å². The van der Waals surface area contributed by atoms with Crippen molar-refractivity contribution in [2.75, 3.05) is 13.1 Å². The van der Waals surface area contributed by atoms with E-state index in [1.54, 1.807) is 0 Å². The lowest BCUT2D eigenvalue weighted by Crippen LogP contribution is -2.55. The van der Waals surface area contributed by atoms with E-state index in [0.717, 1.165) is 25.0 Å². The zero-order chi connectivity index (χ0) is 12.5. The van der Waals surface area contributed by atoms with Crippen molar-refractivity contribution in [3.63, 3.8) is 0 Å². The zero-order valence-electron chi connectivity index (χ0n) is 10.9. The molecule has 1 N–H and O–H groups in total. The van der Waals surface area contributed by atoms with E-state index in [9.17, 15) is 0 Å². The largest absolute Gasteiger partial charge is 0.311 e. The molecule has 1 aliphatic carbocycles. The summed E-state index contributed by atoms with van der Waals surface area (Å²) in [6.07, 6.45) is 2.85. The van der Waals surface area contributed by atoms with E-state index in [0.29, 0.717) is 6.04 Å². The summed E-state index contributed by atoms with van der Waals surface area (Å²) in [4.78, 5) is 2.62. The van der Waals surface area contributed by atoms with E-state index in [1.807, 2.05) is 0 Å². The Balaban J connectivity index is 1.68. The summed E-state index contributed by atoms with van der Waals surface area (Å²) in [6.45, 7) is 5.72. The maximum atomic E-state index is 3.71. The third kappa shape index (κ3) is 2.79. The maximum absolute atomic E-state index is 3.71. The van der Waals surface area contributed by atoms with E-state index >= 15 is 0 Å². The summed E-state index contributed by atoms with van der Waals surface area (Å²) in [5.74, 6) is 0.944. The first kappa shape index (κ1) is 12.6. The molecule has 3 heteroatoms. The molecule has 2 aliphatic rings. The Bertz CT molecular complexity index is 417. The standard InChI is InChI=1S/C15H21BrN2/c1-11-8-17-15(12-6-7-12)10-18(11)9-13-4-2-3-5-14(13)16/h2-5,11-12,15,17H,6-10H2,1H3. The predicted octanol–water partition coefficient (Wildman–Crippen LogP) is 3.02. The zero-order valence-corrected chi connectivity index (χ0v) is 12.5. The highest BCUT2D eigenvalue weighted by atomic mass is 79.9. The van der Waals surface area contributed by atoms with Gasteiger partial charge in [-0.15, -0.1) is 0 Å². The summed E-state index contributed by atoms with van der Waals surface area (Å²) in [5.41, 5.74) is 1.40. The molecule has 2 atom stereocenters. The number of halogens is 1. The molecule has 3 rings (SSSR count). The van der Waals surface area contributed by atoms with E-state index < -0.39 is 0 Å². The molecular weight excluding hydrogens is 288 g/mol. The molecule has 0 amide bonds. The van der Waals surface area contributed by atoms with Gasteiger partial charge in [-0.2, -0.15) is 0 Å². The first-order chi connectivity index (χ1) is 8.74. The Labute approximate surface area is 118 Å². The van der Waals surface area contributed by atoms with Crippen LogP contribution in [0.5, 0.6) is 0 Å². The first-order valence-corrected chi connectivity index (χ1v) is 7.74. The van der Waals surface area contributed by atoms with Crippen molar-refractivity contribution in [2.45, 2.75) is 38.4 Å². The van der Waals surface area contributed by atoms with Gasteiger partial charge in [-0.05, 0) is 37.3 Å². The van der Waals surface area contributed by atoms with Gasteiger partial charge in [-0.3, -0.25) is 4.90 Å². The van der Waals surface area contributed by atoms with E-state index in [1.165, 1.54) is 29.4 Å². The van der Waals surface area contributed by atoms with Crippen LogP contribution >= 0.6 is 15.9 Å². The third-order valence-electron chi connectivity index (χ3n) is 4.25. The van der Waals surface area contributed by atoms with Crippen LogP contribution < -0.4 is 5.32 Å². The normalized spacial score (nSPS) is 29.4. The van der Waals surface area contributed by atoms with Crippen molar-refractivity contribution in [1.82, 2.24) is 10.2 Å². The van der Waals surface area contributed by atoms with Crippen molar-refractivity contribution in [3.05, 3.63) is 34.3 Å². The fraction of sp³-hybridized carbons (Fsp3) is 0.600. The number of rotatable bonds is 3. The Morgan fingerprint density at radius 2 is 2.11 bits per heavy atom. The van der Waals surface area contributed by atoms with Crippen LogP contribution in [0, 0.1) is 5.92 Å². The Morgan fingerprint density at radius 3 is 2.83 bits per heavy atom. The van der Waals surface area contributed by atoms with Crippen molar-refractivity contribution >= 4 is 15.9 Å². The number of hydrogen-bond acceptors (Lipinski definition) is 2. The minimum Gasteiger partial charge on any atom is -0.311 e. The van der Waals surface area contributed by atoms with Gasteiger partial charge >= 0.3 is 0 Å². The Morgan fingerprint density at radius 1 is 1.33 bits per heavy atom. The molecule has 1 aliphatic heterocycles. The van der Waals surface area contributed by atoms with Gasteiger partial charge in [0.2, 0.25) is 0 Å². The van der Waals surface area contributed by atoms with Gasteiger partial charge in [0.1, 0.15) is 0 Å². The van der Waals surface area contributed by atoms with Gasteiger partial charge in [0.15, 0.2) is 0 Å². The van der Waals surface area contributed by atoms with Crippen LogP contribution in [-0.4, -0.2) is 30.1 Å².